The minimum absolute atomic E-state index is 0. The number of methoxy groups -OCH3 is 2. The number of hydrogen-bond acceptors (Lipinski definition) is 11. The van der Waals surface area contributed by atoms with Crippen LogP contribution in [0.3, 0.4) is 0 Å². The fraction of sp³-hybridized carbons (Fsp3) is 0.296. The van der Waals surface area contributed by atoms with Gasteiger partial charge in [0.25, 0.3) is 0 Å². The summed E-state index contributed by atoms with van der Waals surface area (Å²) in [5.74, 6) is 1.21. The Morgan fingerprint density at radius 1 is 0.485 bits per heavy atom. The number of sulfone groups is 1. The average molecular weight is 1120 g/mol. The maximum atomic E-state index is 12.8. The van der Waals surface area contributed by atoms with Crippen LogP contribution in [0.25, 0.3) is 0 Å². The second-order valence-electron chi connectivity index (χ2n) is 12.3. The van der Waals surface area contributed by atoms with Gasteiger partial charge < -0.3 is 33.8 Å². The van der Waals surface area contributed by atoms with Gasteiger partial charge in [-0.2, -0.15) is 11.8 Å². The van der Waals surface area contributed by atoms with Crippen molar-refractivity contribution in [1.82, 2.24) is 9.97 Å². The number of benzene rings is 4. The van der Waals surface area contributed by atoms with Gasteiger partial charge in [-0.25, -0.2) is 18.0 Å². The number of hydrogen-bond donors (Lipinski definition) is 0. The normalized spacial score (nSPS) is 9.21. The third-order valence-electron chi connectivity index (χ3n) is 8.24. The van der Waals surface area contributed by atoms with Crippen LogP contribution >= 0.6 is 11.8 Å². The summed E-state index contributed by atoms with van der Waals surface area (Å²) in [5.41, 5.74) is 5.36. The van der Waals surface area contributed by atoms with Crippen molar-refractivity contribution in [2.75, 3.05) is 14.2 Å². The second-order valence-corrected chi connectivity index (χ2v) is 15.3. The van der Waals surface area contributed by atoms with E-state index >= 15 is 0 Å². The summed E-state index contributed by atoms with van der Waals surface area (Å²) in [6.07, 6.45) is 3.15. The summed E-state index contributed by atoms with van der Waals surface area (Å²) in [5, 5.41) is 0. The Morgan fingerprint density at radius 3 is 1.32 bits per heavy atom. The molecule has 0 unspecified atom stereocenters. The predicted octanol–water partition coefficient (Wildman–Crippen LogP) is 13.4. The van der Waals surface area contributed by atoms with E-state index in [1.165, 1.54) is 26.5 Å². The van der Waals surface area contributed by atoms with E-state index < -0.39 is 15.8 Å². The van der Waals surface area contributed by atoms with Gasteiger partial charge in [0, 0.05) is 100 Å². The summed E-state index contributed by atoms with van der Waals surface area (Å²) in [6, 6.07) is 41.3. The molecule has 0 aliphatic heterocycles. The van der Waals surface area contributed by atoms with Crippen LogP contribution in [0, 0.1) is 14.9 Å². The van der Waals surface area contributed by atoms with Crippen molar-refractivity contribution in [1.29, 1.82) is 0 Å². The maximum Gasteiger partial charge on any atom is 0.339 e. The van der Waals surface area contributed by atoms with Gasteiger partial charge in [0.1, 0.15) is 24.7 Å². The van der Waals surface area contributed by atoms with Crippen molar-refractivity contribution >= 4 is 33.5 Å². The number of para-hydroxylation sites is 2. The SMILES string of the molecule is CC.CC.CC.CC.COC(=O)c1cccnc1CS(=O)(=O)Cc1ccccc1OCc1ccccc1.COC(=O)c1cccnc1CSCc1ccccc1OCc1ccccc1.[CH3-].[CH3-].[Y].[Y]. The molecule has 366 valence electrons. The molecule has 0 spiro atoms. The fourth-order valence-electron chi connectivity index (χ4n) is 5.45. The molecular formula is C54H72N2O8S2Y2-2. The second kappa shape index (κ2) is 43.3. The molecule has 0 aliphatic rings. The summed E-state index contributed by atoms with van der Waals surface area (Å²) in [6.45, 7) is 16.9. The van der Waals surface area contributed by atoms with Crippen molar-refractivity contribution in [3.63, 3.8) is 0 Å². The van der Waals surface area contributed by atoms with Crippen LogP contribution in [0.15, 0.2) is 146 Å². The number of rotatable bonds is 16. The number of pyridine rings is 2. The van der Waals surface area contributed by atoms with Crippen LogP contribution < -0.4 is 9.47 Å². The van der Waals surface area contributed by atoms with E-state index in [1.54, 1.807) is 60.4 Å². The number of nitrogens with zero attached hydrogens (tertiary/aromatic N) is 2. The number of esters is 2. The van der Waals surface area contributed by atoms with Crippen LogP contribution in [0.1, 0.15) is 110 Å². The molecule has 6 rings (SSSR count). The molecule has 4 aromatic carbocycles. The molecule has 0 atom stereocenters. The molecule has 0 aliphatic carbocycles. The first-order valence-corrected chi connectivity index (χ1v) is 24.6. The number of thioether (sulfide) groups is 1. The van der Waals surface area contributed by atoms with E-state index in [-0.39, 0.29) is 109 Å². The summed E-state index contributed by atoms with van der Waals surface area (Å²) in [7, 11) is -0.982. The molecule has 10 nitrogen and oxygen atoms in total. The molecule has 68 heavy (non-hydrogen) atoms. The van der Waals surface area contributed by atoms with Gasteiger partial charge in [-0.3, -0.25) is 9.97 Å². The standard InChI is InChI=1S/C22H21NO5S.C22H21NO3S.4C2H6.2CH3.2Y/c1-27-22(24)19-11-7-13-23-20(19)16-29(25,26)15-18-10-5-6-12-21(18)28-14-17-8-3-2-4-9-17;1-25-22(24)19-11-7-13-23-20(19)16-27-15-18-10-5-6-12-21(18)26-14-17-8-3-2-4-9-17;4*1-2;;;;/h2-13H,14-16H2,1H3;2-13H,14-16H2,1H3;4*1-2H3;2*1H3;;/q;;;;;;2*-1;;. The Balaban J connectivity index is -0.000000500. The molecule has 0 bridgehead atoms. The van der Waals surface area contributed by atoms with Gasteiger partial charge in [0.15, 0.2) is 9.84 Å². The molecule has 2 aromatic heterocycles. The Kier molecular flexibility index (Phi) is 45.0. The van der Waals surface area contributed by atoms with Crippen LogP contribution in [0.5, 0.6) is 11.5 Å². The van der Waals surface area contributed by atoms with E-state index in [0.29, 0.717) is 35.8 Å². The van der Waals surface area contributed by atoms with E-state index in [9.17, 15) is 18.0 Å². The van der Waals surface area contributed by atoms with E-state index in [2.05, 4.69) is 16.0 Å². The molecular weight excluding hydrogens is 1050 g/mol. The number of aromatic nitrogens is 2. The van der Waals surface area contributed by atoms with Gasteiger partial charge in [-0.05, 0) is 47.5 Å². The van der Waals surface area contributed by atoms with Crippen molar-refractivity contribution in [2.24, 2.45) is 0 Å². The first-order valence-electron chi connectivity index (χ1n) is 21.6. The van der Waals surface area contributed by atoms with E-state index in [4.69, 9.17) is 18.9 Å². The van der Waals surface area contributed by atoms with Crippen LogP contribution in [-0.4, -0.2) is 44.5 Å². The molecule has 0 amide bonds. The van der Waals surface area contributed by atoms with Gasteiger partial charge in [0.2, 0.25) is 0 Å². The first-order chi connectivity index (χ1) is 31.3. The van der Waals surface area contributed by atoms with Crippen LogP contribution in [-0.2, 0) is 121 Å². The van der Waals surface area contributed by atoms with Crippen LogP contribution in [0.2, 0.25) is 0 Å². The maximum absolute atomic E-state index is 12.8. The van der Waals surface area contributed by atoms with Crippen molar-refractivity contribution in [3.8, 4) is 11.5 Å². The molecule has 2 radical (unpaired) electrons. The first kappa shape index (κ1) is 70.8. The minimum Gasteiger partial charge on any atom is -0.489 e. The molecule has 0 fully saturated rings. The fourth-order valence-corrected chi connectivity index (χ4v) is 7.89. The van der Waals surface area contributed by atoms with Gasteiger partial charge >= 0.3 is 11.9 Å². The molecule has 6 aromatic rings. The van der Waals surface area contributed by atoms with Crippen molar-refractivity contribution in [2.45, 2.75) is 91.6 Å². The molecule has 0 saturated heterocycles. The summed E-state index contributed by atoms with van der Waals surface area (Å²) >= 11 is 1.69. The monoisotopic (exact) mass is 1120 g/mol. The number of carbonyl (C=O) groups excluding carboxylic acids is 2. The molecule has 0 N–H and O–H groups in total. The van der Waals surface area contributed by atoms with Gasteiger partial charge in [0.05, 0.1) is 48.2 Å². The molecule has 0 saturated carbocycles. The third kappa shape index (κ3) is 26.3. The van der Waals surface area contributed by atoms with E-state index in [1.807, 2.05) is 134 Å². The van der Waals surface area contributed by atoms with E-state index in [0.717, 1.165) is 33.9 Å². The topological polar surface area (TPSA) is 131 Å². The third-order valence-corrected chi connectivity index (χ3v) is 10.7. The molecule has 2 heterocycles. The smallest absolute Gasteiger partial charge is 0.339 e. The van der Waals surface area contributed by atoms with Crippen molar-refractivity contribution in [3.05, 3.63) is 205 Å². The average Bonchev–Trinajstić information content (AvgIpc) is 3.36. The Labute approximate surface area is 464 Å². The minimum atomic E-state index is -3.61. The van der Waals surface area contributed by atoms with Crippen molar-refractivity contribution < 1.29 is 102 Å². The Morgan fingerprint density at radius 2 is 0.868 bits per heavy atom. The zero-order valence-corrected chi connectivity index (χ0v) is 49.5. The largest absolute Gasteiger partial charge is 0.489 e. The Bertz CT molecular complexity index is 2300. The zero-order valence-electron chi connectivity index (χ0n) is 42.2. The summed E-state index contributed by atoms with van der Waals surface area (Å²) in [4.78, 5) is 32.1. The predicted molar refractivity (Wildman–Crippen MR) is 275 cm³/mol. The van der Waals surface area contributed by atoms with Gasteiger partial charge in [-0.1, -0.05) is 152 Å². The number of carbonyl (C=O) groups is 2. The van der Waals surface area contributed by atoms with Crippen LogP contribution in [0.4, 0.5) is 0 Å². The molecule has 14 heteroatoms. The summed E-state index contributed by atoms with van der Waals surface area (Å²) < 4.78 is 47.0. The quantitative estimate of drug-likeness (QED) is 0.0678. The number of ether oxygens (including phenoxy) is 4. The van der Waals surface area contributed by atoms with Gasteiger partial charge in [-0.15, -0.1) is 0 Å². The zero-order chi connectivity index (χ0) is 47.6. The Hall–Kier alpha value is -3.77.